The number of halogens is 2. The second kappa shape index (κ2) is 11.3. The lowest BCUT2D eigenvalue weighted by molar-refractivity contribution is 0.193. The average Bonchev–Trinajstić information content (AvgIpc) is 2.72. The maximum absolute atomic E-state index is 14.4. The van der Waals surface area contributed by atoms with E-state index in [9.17, 15) is 4.39 Å². The van der Waals surface area contributed by atoms with Crippen LogP contribution in [0.25, 0.3) is 0 Å². The summed E-state index contributed by atoms with van der Waals surface area (Å²) in [5, 5.41) is -0.192. The first kappa shape index (κ1) is 22.5. The van der Waals surface area contributed by atoms with E-state index < -0.39 is 5.83 Å². The van der Waals surface area contributed by atoms with Crippen LogP contribution in [0.15, 0.2) is 59.8 Å². The van der Waals surface area contributed by atoms with Crippen LogP contribution in [0.2, 0.25) is 0 Å². The lowest BCUT2D eigenvalue weighted by Gasteiger charge is -2.26. The molecular weight excluding hydrogens is 375 g/mol. The fraction of sp³-hybridized carbons (Fsp3) is 0.500. The third kappa shape index (κ3) is 6.70. The number of hydrogen-bond donors (Lipinski definition) is 0. The molecule has 0 aliphatic heterocycles. The monoisotopic (exact) mass is 406 g/mol. The van der Waals surface area contributed by atoms with Crippen LogP contribution in [0.3, 0.4) is 0 Å². The van der Waals surface area contributed by atoms with Gasteiger partial charge in [-0.1, -0.05) is 82.1 Å². The lowest BCUT2D eigenvalue weighted by Crippen LogP contribution is -2.10. The Morgan fingerprint density at radius 3 is 2.32 bits per heavy atom. The predicted octanol–water partition coefficient (Wildman–Crippen LogP) is 7.76. The molecule has 1 fully saturated rings. The van der Waals surface area contributed by atoms with E-state index in [-0.39, 0.29) is 23.2 Å². The molecular formula is C24H32ClFO2. The van der Waals surface area contributed by atoms with Crippen LogP contribution in [0, 0.1) is 5.92 Å². The molecule has 28 heavy (non-hydrogen) atoms. The molecule has 0 aromatic heterocycles. The molecule has 0 saturated heterocycles. The summed E-state index contributed by atoms with van der Waals surface area (Å²) in [6.07, 6.45) is 6.95. The van der Waals surface area contributed by atoms with E-state index in [1.807, 2.05) is 19.1 Å². The summed E-state index contributed by atoms with van der Waals surface area (Å²) in [6, 6.07) is 8.39. The number of hydrogen-bond acceptors (Lipinski definition) is 2. The van der Waals surface area contributed by atoms with E-state index in [1.54, 1.807) is 0 Å². The Labute approximate surface area is 174 Å². The molecule has 0 heterocycles. The highest BCUT2D eigenvalue weighted by Gasteiger charge is 2.19. The molecule has 0 atom stereocenters. The number of allylic oxidation sites excluding steroid dienone is 2. The third-order valence-corrected chi connectivity index (χ3v) is 5.71. The first-order valence-electron chi connectivity index (χ1n) is 10.2. The number of benzene rings is 1. The Hall–Kier alpha value is -1.74. The molecule has 2 rings (SSSR count). The Morgan fingerprint density at radius 1 is 1.07 bits per heavy atom. The second-order valence-electron chi connectivity index (χ2n) is 7.66. The summed E-state index contributed by atoms with van der Waals surface area (Å²) < 4.78 is 25.2. The quantitative estimate of drug-likeness (QED) is 0.224. The van der Waals surface area contributed by atoms with Gasteiger partial charge in [0.05, 0.1) is 6.61 Å². The minimum Gasteiger partial charge on any atom is -0.493 e. The second-order valence-corrected chi connectivity index (χ2v) is 8.04. The van der Waals surface area contributed by atoms with Gasteiger partial charge in [-0.05, 0) is 42.2 Å². The molecule has 1 aromatic rings. The van der Waals surface area contributed by atoms with Gasteiger partial charge in [-0.15, -0.1) is 0 Å². The summed E-state index contributed by atoms with van der Waals surface area (Å²) in [5.74, 6) is 0.743. The van der Waals surface area contributed by atoms with Crippen molar-refractivity contribution in [2.45, 2.75) is 64.9 Å². The average molecular weight is 407 g/mol. The van der Waals surface area contributed by atoms with Crippen molar-refractivity contribution in [3.05, 3.63) is 70.9 Å². The maximum atomic E-state index is 14.4. The van der Waals surface area contributed by atoms with Gasteiger partial charge in [0.2, 0.25) is 0 Å². The van der Waals surface area contributed by atoms with Gasteiger partial charge in [-0.3, -0.25) is 0 Å². The highest BCUT2D eigenvalue weighted by molar-refractivity contribution is 6.32. The number of unbranched alkanes of at least 4 members (excludes halogenated alkanes) is 1. The zero-order chi connectivity index (χ0) is 20.5. The van der Waals surface area contributed by atoms with Crippen LogP contribution in [0.4, 0.5) is 4.39 Å². The predicted molar refractivity (Wildman–Crippen MR) is 115 cm³/mol. The summed E-state index contributed by atoms with van der Waals surface area (Å²) in [4.78, 5) is 0. The molecule has 2 nitrogen and oxygen atoms in total. The van der Waals surface area contributed by atoms with E-state index in [0.29, 0.717) is 12.5 Å². The van der Waals surface area contributed by atoms with Gasteiger partial charge < -0.3 is 9.47 Å². The molecule has 0 spiro atoms. The van der Waals surface area contributed by atoms with Gasteiger partial charge in [0.15, 0.2) is 5.83 Å². The third-order valence-electron chi connectivity index (χ3n) is 5.34. The fourth-order valence-corrected chi connectivity index (χ4v) is 3.52. The zero-order valence-electron chi connectivity index (χ0n) is 17.1. The van der Waals surface area contributed by atoms with Gasteiger partial charge in [-0.2, -0.15) is 0 Å². The molecule has 1 aliphatic carbocycles. The van der Waals surface area contributed by atoms with Crippen LogP contribution in [-0.2, 0) is 16.1 Å². The van der Waals surface area contributed by atoms with Crippen molar-refractivity contribution in [2.24, 2.45) is 5.92 Å². The Morgan fingerprint density at radius 2 is 1.71 bits per heavy atom. The molecule has 1 saturated carbocycles. The molecule has 1 aliphatic rings. The Balaban J connectivity index is 1.86. The smallest absolute Gasteiger partial charge is 0.186 e. The molecule has 0 radical (unpaired) electrons. The Kier molecular flexibility index (Phi) is 9.11. The minimum absolute atomic E-state index is 0.100. The molecule has 1 aromatic carbocycles. The summed E-state index contributed by atoms with van der Waals surface area (Å²) in [6.45, 7) is 12.4. The number of rotatable bonds is 10. The lowest BCUT2D eigenvalue weighted by atomic mass is 9.79. The van der Waals surface area contributed by atoms with Crippen molar-refractivity contribution >= 4 is 11.6 Å². The van der Waals surface area contributed by atoms with Crippen molar-refractivity contribution in [2.75, 3.05) is 6.61 Å². The van der Waals surface area contributed by atoms with Gasteiger partial charge in [0, 0.05) is 0 Å². The van der Waals surface area contributed by atoms with Crippen molar-refractivity contribution in [3.63, 3.8) is 0 Å². The van der Waals surface area contributed by atoms with Gasteiger partial charge >= 0.3 is 0 Å². The van der Waals surface area contributed by atoms with Crippen LogP contribution < -0.4 is 0 Å². The zero-order valence-corrected chi connectivity index (χ0v) is 17.9. The van der Waals surface area contributed by atoms with E-state index in [2.05, 4.69) is 32.2 Å². The minimum atomic E-state index is -0.740. The van der Waals surface area contributed by atoms with E-state index >= 15 is 0 Å². The van der Waals surface area contributed by atoms with E-state index in [1.165, 1.54) is 31.2 Å². The van der Waals surface area contributed by atoms with Crippen molar-refractivity contribution in [3.8, 4) is 0 Å². The standard InChI is InChI=1S/C24H32ClFO2/c1-5-6-15-27-18(3)23(25)24(26)19(4)28-16-20-9-13-22(14-10-20)21-11-7-17(2)8-12-21/h9-10,13-14,17,21H,3-8,11-12,15-16H2,1-2H3/b24-23-. The normalized spacial score (nSPS) is 20.3. The van der Waals surface area contributed by atoms with Gasteiger partial charge in [0.1, 0.15) is 23.2 Å². The number of ether oxygens (including phenoxy) is 2. The maximum Gasteiger partial charge on any atom is 0.186 e. The summed E-state index contributed by atoms with van der Waals surface area (Å²) in [5.41, 5.74) is 2.35. The molecule has 0 N–H and O–H groups in total. The largest absolute Gasteiger partial charge is 0.493 e. The summed E-state index contributed by atoms with van der Waals surface area (Å²) >= 11 is 5.99. The molecule has 0 amide bonds. The van der Waals surface area contributed by atoms with Crippen molar-refractivity contribution < 1.29 is 13.9 Å². The first-order chi connectivity index (χ1) is 13.4. The van der Waals surface area contributed by atoms with Crippen LogP contribution in [0.5, 0.6) is 0 Å². The highest BCUT2D eigenvalue weighted by Crippen LogP contribution is 2.35. The molecule has 0 unspecified atom stereocenters. The first-order valence-corrected chi connectivity index (χ1v) is 10.6. The topological polar surface area (TPSA) is 18.5 Å². The van der Waals surface area contributed by atoms with Crippen LogP contribution >= 0.6 is 11.6 Å². The Bertz CT molecular complexity index is 685. The molecule has 0 bridgehead atoms. The van der Waals surface area contributed by atoms with E-state index in [0.717, 1.165) is 24.3 Å². The van der Waals surface area contributed by atoms with Gasteiger partial charge in [-0.25, -0.2) is 4.39 Å². The van der Waals surface area contributed by atoms with Crippen LogP contribution in [0.1, 0.15) is 69.4 Å². The van der Waals surface area contributed by atoms with Crippen molar-refractivity contribution in [1.82, 2.24) is 0 Å². The fourth-order valence-electron chi connectivity index (χ4n) is 3.36. The SMILES string of the molecule is C=C(OCc1ccc(C2CCC(C)CC2)cc1)/C(F)=C(/Cl)C(=C)OCCCC. The highest BCUT2D eigenvalue weighted by atomic mass is 35.5. The van der Waals surface area contributed by atoms with Crippen LogP contribution in [-0.4, -0.2) is 6.61 Å². The van der Waals surface area contributed by atoms with Crippen molar-refractivity contribution in [1.29, 1.82) is 0 Å². The molecule has 4 heteroatoms. The van der Waals surface area contributed by atoms with E-state index in [4.69, 9.17) is 21.1 Å². The molecule has 154 valence electrons. The van der Waals surface area contributed by atoms with Gasteiger partial charge in [0.25, 0.3) is 0 Å². The summed E-state index contributed by atoms with van der Waals surface area (Å²) in [7, 11) is 0.